The Labute approximate surface area is 180 Å². The molecule has 31 heavy (non-hydrogen) atoms. The molecule has 0 aromatic rings. The number of hydrogen-bond donors (Lipinski definition) is 1. The fourth-order valence-electron chi connectivity index (χ4n) is 2.68. The van der Waals surface area contributed by atoms with Crippen molar-refractivity contribution < 1.29 is 23.0 Å². The van der Waals surface area contributed by atoms with Crippen LogP contribution in [-0.4, -0.2) is 37.5 Å². The van der Waals surface area contributed by atoms with Crippen molar-refractivity contribution in [2.75, 3.05) is 13.2 Å². The smallest absolute Gasteiger partial charge is 0.204 e. The highest BCUT2D eigenvalue weighted by Crippen LogP contribution is 2.21. The second-order valence-electron chi connectivity index (χ2n) is 6.47. The molecule has 0 heterocycles. The minimum absolute atomic E-state index is 0.0188. The number of ether oxygens (including phenoxy) is 2. The number of hydrogen-bond acceptors (Lipinski definition) is 6. The Bertz CT molecular complexity index is 924. The number of allylic oxidation sites excluding steroid dienone is 8. The van der Waals surface area contributed by atoms with Crippen molar-refractivity contribution in [1.29, 1.82) is 0 Å². The number of hydrazone groups is 1. The molecule has 0 aromatic heterocycles. The third kappa shape index (κ3) is 7.65. The van der Waals surface area contributed by atoms with E-state index in [0.29, 0.717) is 24.5 Å². The van der Waals surface area contributed by atoms with Gasteiger partial charge in [-0.3, -0.25) is 9.79 Å². The van der Waals surface area contributed by atoms with E-state index in [1.54, 1.807) is 18.4 Å². The predicted octanol–water partition coefficient (Wildman–Crippen LogP) is 4.53. The molecule has 2 rings (SSSR count). The van der Waals surface area contributed by atoms with Crippen LogP contribution in [-0.2, 0) is 14.3 Å². The van der Waals surface area contributed by atoms with E-state index in [2.05, 4.69) is 28.8 Å². The maximum atomic E-state index is 13.4. The van der Waals surface area contributed by atoms with E-state index in [0.717, 1.165) is 17.7 Å². The monoisotopic (exact) mass is 429 g/mol. The predicted molar refractivity (Wildman–Crippen MR) is 118 cm³/mol. The summed E-state index contributed by atoms with van der Waals surface area (Å²) in [5, 5.41) is 4.00. The number of carbonyl (C=O) groups is 1. The van der Waals surface area contributed by atoms with Gasteiger partial charge in [-0.1, -0.05) is 12.7 Å². The summed E-state index contributed by atoms with van der Waals surface area (Å²) >= 11 is 0. The molecular weight excluding hydrogens is 404 g/mol. The van der Waals surface area contributed by atoms with Crippen LogP contribution in [0.1, 0.15) is 19.8 Å². The maximum absolute atomic E-state index is 13.4. The molecule has 0 radical (unpaired) electrons. The van der Waals surface area contributed by atoms with Gasteiger partial charge in [0.1, 0.15) is 29.7 Å². The summed E-state index contributed by atoms with van der Waals surface area (Å²) in [6.45, 7) is 9.26. The van der Waals surface area contributed by atoms with Gasteiger partial charge in [0.05, 0.1) is 24.6 Å². The van der Waals surface area contributed by atoms with E-state index in [1.807, 2.05) is 19.1 Å². The van der Waals surface area contributed by atoms with Gasteiger partial charge in [-0.05, 0) is 44.0 Å². The van der Waals surface area contributed by atoms with Crippen molar-refractivity contribution >= 4 is 18.2 Å². The van der Waals surface area contributed by atoms with Crippen LogP contribution in [0, 0.1) is 0 Å². The number of carbonyl (C=O) groups excluding carboxylic acids is 1. The molecule has 0 aliphatic heterocycles. The quantitative estimate of drug-likeness (QED) is 0.227. The van der Waals surface area contributed by atoms with Crippen molar-refractivity contribution in [2.45, 2.75) is 25.8 Å². The first kappa shape index (κ1) is 23.7. The first-order chi connectivity index (χ1) is 15.0. The number of nitrogens with zero attached hydrogens (tertiary/aromatic N) is 2. The van der Waals surface area contributed by atoms with Gasteiger partial charge in [0.15, 0.2) is 0 Å². The highest BCUT2D eigenvalue weighted by atomic mass is 19.1. The van der Waals surface area contributed by atoms with Crippen LogP contribution in [0.3, 0.4) is 0 Å². The zero-order valence-electron chi connectivity index (χ0n) is 17.3. The molecule has 0 spiro atoms. The van der Waals surface area contributed by atoms with E-state index in [9.17, 15) is 13.6 Å². The van der Waals surface area contributed by atoms with Gasteiger partial charge in [0, 0.05) is 24.5 Å². The fourth-order valence-corrected chi connectivity index (χ4v) is 2.68. The maximum Gasteiger partial charge on any atom is 0.204 e. The molecule has 2 aliphatic carbocycles. The number of nitrogens with one attached hydrogen (secondary N) is 1. The lowest BCUT2D eigenvalue weighted by molar-refractivity contribution is -0.109. The van der Waals surface area contributed by atoms with Gasteiger partial charge in [-0.2, -0.15) is 5.10 Å². The topological polar surface area (TPSA) is 72.3 Å². The molecule has 0 amide bonds. The van der Waals surface area contributed by atoms with Crippen LogP contribution < -0.4 is 5.43 Å². The second-order valence-corrected chi connectivity index (χ2v) is 6.47. The first-order valence-corrected chi connectivity index (χ1v) is 9.68. The molecule has 0 saturated heterocycles. The molecule has 1 atom stereocenters. The van der Waals surface area contributed by atoms with E-state index in [-0.39, 0.29) is 18.7 Å². The summed E-state index contributed by atoms with van der Waals surface area (Å²) in [7, 11) is 0. The Morgan fingerprint density at radius 2 is 2.19 bits per heavy atom. The Morgan fingerprint density at radius 3 is 2.87 bits per heavy atom. The van der Waals surface area contributed by atoms with E-state index in [4.69, 9.17) is 9.47 Å². The van der Waals surface area contributed by atoms with Gasteiger partial charge >= 0.3 is 0 Å². The first-order valence-electron chi connectivity index (χ1n) is 9.68. The highest BCUT2D eigenvalue weighted by molar-refractivity contribution is 6.44. The second kappa shape index (κ2) is 12.2. The molecule has 0 saturated carbocycles. The molecule has 1 unspecified atom stereocenters. The summed E-state index contributed by atoms with van der Waals surface area (Å²) in [6.07, 6.45) is 12.2. The van der Waals surface area contributed by atoms with Gasteiger partial charge in [-0.25, -0.2) is 8.78 Å². The standard InChI is InChI=1S/C23H25F2N3O3/c1-4-23(29)22(28-27-19-13-17(24)12-18(25)14-19)15-31-20-7-6-8-21(26-3)16(11-20)9-10-30-5-2/h4,6,8-13,19,27H,1,3,5,7,14-15H2,2H3/b10-9+,28-22-. The van der Waals surface area contributed by atoms with Crippen molar-refractivity contribution in [1.82, 2.24) is 5.43 Å². The molecule has 164 valence electrons. The SMILES string of the molecule is C=CC(=O)/C(COC1=CC(/C=C/OCC)=C(N=C)C=CC1)=N\NC1C=C(F)C=C(F)C1. The summed E-state index contributed by atoms with van der Waals surface area (Å²) in [6, 6.07) is -0.711. The minimum Gasteiger partial charge on any atom is -0.501 e. The lowest BCUT2D eigenvalue weighted by atomic mass is 10.1. The third-order valence-electron chi connectivity index (χ3n) is 4.19. The van der Waals surface area contributed by atoms with Crippen LogP contribution in [0.5, 0.6) is 0 Å². The number of aliphatic imine (C=N–C) groups is 1. The largest absolute Gasteiger partial charge is 0.501 e. The molecule has 8 heteroatoms. The summed E-state index contributed by atoms with van der Waals surface area (Å²) in [5.41, 5.74) is 4.00. The normalized spacial score (nSPS) is 19.3. The van der Waals surface area contributed by atoms with Crippen LogP contribution in [0.15, 0.2) is 94.2 Å². The van der Waals surface area contributed by atoms with Gasteiger partial charge in [-0.15, -0.1) is 0 Å². The summed E-state index contributed by atoms with van der Waals surface area (Å²) in [5.74, 6) is -1.21. The average molecular weight is 429 g/mol. The lowest BCUT2D eigenvalue weighted by Crippen LogP contribution is -2.29. The summed E-state index contributed by atoms with van der Waals surface area (Å²) in [4.78, 5) is 16.1. The van der Waals surface area contributed by atoms with E-state index < -0.39 is 23.5 Å². The summed E-state index contributed by atoms with van der Waals surface area (Å²) < 4.78 is 37.8. The zero-order chi connectivity index (χ0) is 22.6. The molecule has 2 aliphatic rings. The van der Waals surface area contributed by atoms with Gasteiger partial charge < -0.3 is 14.9 Å². The molecule has 1 N–H and O–H groups in total. The Kier molecular flexibility index (Phi) is 9.35. The minimum atomic E-state index is -0.711. The van der Waals surface area contributed by atoms with E-state index in [1.165, 1.54) is 6.08 Å². The van der Waals surface area contributed by atoms with Crippen LogP contribution in [0.25, 0.3) is 0 Å². The third-order valence-corrected chi connectivity index (χ3v) is 4.19. The highest BCUT2D eigenvalue weighted by Gasteiger charge is 2.17. The van der Waals surface area contributed by atoms with Crippen molar-refractivity contribution in [3.8, 4) is 0 Å². The lowest BCUT2D eigenvalue weighted by Gasteiger charge is -2.16. The van der Waals surface area contributed by atoms with Crippen molar-refractivity contribution in [3.63, 3.8) is 0 Å². The Hall–Kier alpha value is -3.55. The Balaban J connectivity index is 2.13. The number of rotatable bonds is 11. The Morgan fingerprint density at radius 1 is 1.39 bits per heavy atom. The molecular formula is C23H25F2N3O3. The van der Waals surface area contributed by atoms with Crippen molar-refractivity contribution in [3.05, 3.63) is 84.1 Å². The fraction of sp³-hybridized carbons (Fsp3) is 0.261. The van der Waals surface area contributed by atoms with Crippen molar-refractivity contribution in [2.24, 2.45) is 10.1 Å². The number of ketones is 1. The molecule has 0 aromatic carbocycles. The molecule has 0 fully saturated rings. The van der Waals surface area contributed by atoms with Crippen LogP contribution in [0.4, 0.5) is 8.78 Å². The van der Waals surface area contributed by atoms with Gasteiger partial charge in [0.25, 0.3) is 0 Å². The van der Waals surface area contributed by atoms with Gasteiger partial charge in [0.2, 0.25) is 5.78 Å². The van der Waals surface area contributed by atoms with Crippen LogP contribution in [0.2, 0.25) is 0 Å². The molecule has 6 nitrogen and oxygen atoms in total. The van der Waals surface area contributed by atoms with Crippen LogP contribution >= 0.6 is 0 Å². The van der Waals surface area contributed by atoms with E-state index >= 15 is 0 Å². The zero-order valence-corrected chi connectivity index (χ0v) is 17.3. The molecule has 0 bridgehead atoms. The number of halogens is 2. The average Bonchev–Trinajstić information content (AvgIpc) is 2.94.